The molecule has 0 radical (unpaired) electrons. The quantitative estimate of drug-likeness (QED) is 0.883. The van der Waals surface area contributed by atoms with Crippen molar-refractivity contribution in [3.63, 3.8) is 0 Å². The molecule has 0 bridgehead atoms. The summed E-state index contributed by atoms with van der Waals surface area (Å²) in [4.78, 5) is 4.19. The second-order valence-corrected chi connectivity index (χ2v) is 5.29. The van der Waals surface area contributed by atoms with Crippen LogP contribution in [0.4, 0.5) is 11.9 Å². The Balaban J connectivity index is 2.08. The second kappa shape index (κ2) is 5.93. The first-order chi connectivity index (χ1) is 9.04. The molecule has 0 aliphatic carbocycles. The fraction of sp³-hybridized carbons (Fsp3) is 0.385. The van der Waals surface area contributed by atoms with E-state index in [1.54, 1.807) is 4.68 Å². The summed E-state index contributed by atoms with van der Waals surface area (Å²) >= 11 is 5.95. The van der Waals surface area contributed by atoms with Crippen molar-refractivity contribution in [2.24, 2.45) is 5.92 Å². The molecule has 19 heavy (non-hydrogen) atoms. The van der Waals surface area contributed by atoms with E-state index >= 15 is 0 Å². The summed E-state index contributed by atoms with van der Waals surface area (Å²) in [6, 6.07) is 7.62. The van der Waals surface area contributed by atoms with Gasteiger partial charge in [-0.2, -0.15) is 4.98 Å². The Bertz CT molecular complexity index is 550. The van der Waals surface area contributed by atoms with Crippen LogP contribution in [0.15, 0.2) is 24.3 Å². The minimum Gasteiger partial charge on any atom is -0.368 e. The van der Waals surface area contributed by atoms with Crippen molar-refractivity contribution < 1.29 is 0 Å². The van der Waals surface area contributed by atoms with Crippen LogP contribution >= 0.6 is 11.6 Å². The summed E-state index contributed by atoms with van der Waals surface area (Å²) in [6.07, 6.45) is 0. The van der Waals surface area contributed by atoms with Gasteiger partial charge in [-0.15, -0.1) is 5.10 Å². The molecule has 1 aromatic carbocycles. The predicted octanol–water partition coefficient (Wildman–Crippen LogP) is 2.63. The predicted molar refractivity (Wildman–Crippen MR) is 78.3 cm³/mol. The molecule has 2 aromatic rings. The van der Waals surface area contributed by atoms with Gasteiger partial charge in [0, 0.05) is 11.6 Å². The standard InChI is InChI=1S/C13H18ClN5/c1-9(2)7-16-13-17-12(15)19(18-13)8-10-4-3-5-11(14)6-10/h3-6,9H,7-8H2,1-2H3,(H3,15,16,17,18). The second-order valence-electron chi connectivity index (χ2n) is 4.86. The summed E-state index contributed by atoms with van der Waals surface area (Å²) < 4.78 is 1.66. The number of nitrogens with zero attached hydrogens (tertiary/aromatic N) is 3. The molecular weight excluding hydrogens is 262 g/mol. The maximum Gasteiger partial charge on any atom is 0.243 e. The molecule has 0 amide bonds. The van der Waals surface area contributed by atoms with Gasteiger partial charge in [0.1, 0.15) is 0 Å². The molecule has 1 aromatic heterocycles. The van der Waals surface area contributed by atoms with Gasteiger partial charge < -0.3 is 11.1 Å². The summed E-state index contributed by atoms with van der Waals surface area (Å²) in [5.41, 5.74) is 6.89. The monoisotopic (exact) mass is 279 g/mol. The number of rotatable bonds is 5. The van der Waals surface area contributed by atoms with E-state index in [1.165, 1.54) is 0 Å². The Labute approximate surface area is 117 Å². The minimum absolute atomic E-state index is 0.395. The lowest BCUT2D eigenvalue weighted by atomic mass is 10.2. The highest BCUT2D eigenvalue weighted by molar-refractivity contribution is 6.30. The molecule has 0 atom stereocenters. The molecule has 6 heteroatoms. The van der Waals surface area contributed by atoms with Crippen molar-refractivity contribution in [3.8, 4) is 0 Å². The minimum atomic E-state index is 0.395. The molecule has 3 N–H and O–H groups in total. The van der Waals surface area contributed by atoms with E-state index in [9.17, 15) is 0 Å². The van der Waals surface area contributed by atoms with Gasteiger partial charge in [-0.1, -0.05) is 37.6 Å². The van der Waals surface area contributed by atoms with Crippen molar-refractivity contribution in [2.45, 2.75) is 20.4 Å². The number of nitrogens with one attached hydrogen (secondary N) is 1. The lowest BCUT2D eigenvalue weighted by Crippen LogP contribution is -2.10. The van der Waals surface area contributed by atoms with Gasteiger partial charge in [-0.05, 0) is 23.6 Å². The first-order valence-electron chi connectivity index (χ1n) is 6.23. The van der Waals surface area contributed by atoms with E-state index in [2.05, 4.69) is 29.2 Å². The van der Waals surface area contributed by atoms with Crippen LogP contribution in [0.1, 0.15) is 19.4 Å². The number of hydrogen-bond donors (Lipinski definition) is 2. The van der Waals surface area contributed by atoms with Gasteiger partial charge in [-0.25, -0.2) is 4.68 Å². The first kappa shape index (κ1) is 13.7. The SMILES string of the molecule is CC(C)CNc1nc(N)n(Cc2cccc(Cl)c2)n1. The smallest absolute Gasteiger partial charge is 0.243 e. The molecule has 0 saturated carbocycles. The van der Waals surface area contributed by atoms with Crippen LogP contribution in [0.3, 0.4) is 0 Å². The maximum absolute atomic E-state index is 5.95. The average molecular weight is 280 g/mol. The molecule has 102 valence electrons. The van der Waals surface area contributed by atoms with Crippen molar-refractivity contribution in [1.82, 2.24) is 14.8 Å². The third-order valence-corrected chi connectivity index (χ3v) is 2.83. The topological polar surface area (TPSA) is 68.8 Å². The van der Waals surface area contributed by atoms with Crippen LogP contribution in [0, 0.1) is 5.92 Å². The first-order valence-corrected chi connectivity index (χ1v) is 6.61. The van der Waals surface area contributed by atoms with Gasteiger partial charge in [-0.3, -0.25) is 0 Å². The molecule has 5 nitrogen and oxygen atoms in total. The van der Waals surface area contributed by atoms with E-state index in [-0.39, 0.29) is 0 Å². The van der Waals surface area contributed by atoms with Crippen molar-refractivity contribution in [2.75, 3.05) is 17.6 Å². The van der Waals surface area contributed by atoms with Gasteiger partial charge in [0.25, 0.3) is 0 Å². The largest absolute Gasteiger partial charge is 0.368 e. The Kier molecular flexibility index (Phi) is 4.27. The van der Waals surface area contributed by atoms with Crippen molar-refractivity contribution in [1.29, 1.82) is 0 Å². The highest BCUT2D eigenvalue weighted by Crippen LogP contribution is 2.14. The lowest BCUT2D eigenvalue weighted by molar-refractivity contribution is 0.673. The zero-order chi connectivity index (χ0) is 13.8. The molecule has 1 heterocycles. The van der Waals surface area contributed by atoms with E-state index in [0.29, 0.717) is 29.4 Å². The van der Waals surface area contributed by atoms with Crippen molar-refractivity contribution in [3.05, 3.63) is 34.9 Å². The van der Waals surface area contributed by atoms with E-state index in [4.69, 9.17) is 17.3 Å². The Morgan fingerprint density at radius 2 is 2.21 bits per heavy atom. The summed E-state index contributed by atoms with van der Waals surface area (Å²) in [5.74, 6) is 1.49. The van der Waals surface area contributed by atoms with E-state index in [1.807, 2.05) is 24.3 Å². The van der Waals surface area contributed by atoms with Gasteiger partial charge in [0.05, 0.1) is 6.54 Å². The van der Waals surface area contributed by atoms with Gasteiger partial charge in [0.15, 0.2) is 0 Å². The number of hydrogen-bond acceptors (Lipinski definition) is 4. The normalized spacial score (nSPS) is 10.9. The summed E-state index contributed by atoms with van der Waals surface area (Å²) in [7, 11) is 0. The molecule has 2 rings (SSSR count). The maximum atomic E-state index is 5.95. The molecule has 0 aliphatic rings. The van der Waals surface area contributed by atoms with Crippen LogP contribution in [-0.2, 0) is 6.54 Å². The molecule has 0 saturated heterocycles. The number of benzene rings is 1. The number of nitrogen functional groups attached to an aromatic ring is 1. The molecule has 0 spiro atoms. The fourth-order valence-electron chi connectivity index (χ4n) is 1.65. The van der Waals surface area contributed by atoms with Crippen LogP contribution in [0.25, 0.3) is 0 Å². The highest BCUT2D eigenvalue weighted by Gasteiger charge is 2.07. The van der Waals surface area contributed by atoms with Crippen LogP contribution in [-0.4, -0.2) is 21.3 Å². The number of anilines is 2. The number of aromatic nitrogens is 3. The summed E-state index contributed by atoms with van der Waals surface area (Å²) in [6.45, 7) is 5.63. The highest BCUT2D eigenvalue weighted by atomic mass is 35.5. The number of nitrogens with two attached hydrogens (primary N) is 1. The molecule has 0 aliphatic heterocycles. The average Bonchev–Trinajstić information content (AvgIpc) is 2.68. The lowest BCUT2D eigenvalue weighted by Gasteiger charge is -2.04. The third kappa shape index (κ3) is 3.86. The molecule has 0 unspecified atom stereocenters. The van der Waals surface area contributed by atoms with E-state index in [0.717, 1.165) is 12.1 Å². The van der Waals surface area contributed by atoms with Crippen LogP contribution in [0.5, 0.6) is 0 Å². The summed E-state index contributed by atoms with van der Waals surface area (Å²) in [5, 5.41) is 8.19. The zero-order valence-corrected chi connectivity index (χ0v) is 11.9. The Morgan fingerprint density at radius 1 is 1.42 bits per heavy atom. The Morgan fingerprint density at radius 3 is 2.89 bits per heavy atom. The van der Waals surface area contributed by atoms with E-state index < -0.39 is 0 Å². The number of halogens is 1. The fourth-order valence-corrected chi connectivity index (χ4v) is 1.86. The van der Waals surface area contributed by atoms with Crippen LogP contribution < -0.4 is 11.1 Å². The van der Waals surface area contributed by atoms with Gasteiger partial charge in [0.2, 0.25) is 11.9 Å². The van der Waals surface area contributed by atoms with Gasteiger partial charge >= 0.3 is 0 Å². The third-order valence-electron chi connectivity index (χ3n) is 2.59. The van der Waals surface area contributed by atoms with Crippen LogP contribution in [0.2, 0.25) is 5.02 Å². The zero-order valence-electron chi connectivity index (χ0n) is 11.1. The Hall–Kier alpha value is -1.75. The molecular formula is C13H18ClN5. The van der Waals surface area contributed by atoms with Crippen molar-refractivity contribution >= 4 is 23.5 Å². The molecule has 0 fully saturated rings.